The van der Waals surface area contributed by atoms with Crippen molar-refractivity contribution in [2.24, 2.45) is 0 Å². The minimum atomic E-state index is -0.732. The van der Waals surface area contributed by atoms with Gasteiger partial charge in [-0.2, -0.15) is 0 Å². The summed E-state index contributed by atoms with van der Waals surface area (Å²) in [6.45, 7) is 7.52. The largest absolute Gasteiger partial charge is 0.462 e. The fraction of sp³-hybridized carbons (Fsp3) is 0.231. The van der Waals surface area contributed by atoms with E-state index in [9.17, 15) is 14.4 Å². The number of amides is 1. The van der Waals surface area contributed by atoms with E-state index in [1.807, 2.05) is 44.2 Å². The maximum absolute atomic E-state index is 13.7. The molecule has 7 nitrogen and oxygen atoms in total. The van der Waals surface area contributed by atoms with E-state index >= 15 is 0 Å². The quantitative estimate of drug-likeness (QED) is 0.382. The standard InChI is InChI=1S/C26H22N2O5S/c1-5-32-25(31)23-15(4)27-26(34-23)28-20(16-9-6-13(2)7-10-16)19-21(29)17-12-14(3)8-11-18(17)33-22(19)24(28)30/h6-12,20H,5H2,1-4H3/t20-/m1/s1. The van der Waals surface area contributed by atoms with E-state index in [2.05, 4.69) is 4.98 Å². The maximum Gasteiger partial charge on any atom is 0.350 e. The topological polar surface area (TPSA) is 89.7 Å². The number of esters is 1. The highest BCUT2D eigenvalue weighted by Crippen LogP contribution is 2.43. The molecule has 4 aromatic rings. The van der Waals surface area contributed by atoms with E-state index in [-0.39, 0.29) is 23.4 Å². The smallest absolute Gasteiger partial charge is 0.350 e. The molecule has 0 N–H and O–H groups in total. The Morgan fingerprint density at radius 1 is 1.09 bits per heavy atom. The molecule has 0 fully saturated rings. The molecule has 1 aliphatic rings. The van der Waals surface area contributed by atoms with Crippen LogP contribution in [-0.2, 0) is 4.74 Å². The minimum absolute atomic E-state index is 0.00235. The first-order valence-electron chi connectivity index (χ1n) is 10.9. The van der Waals surface area contributed by atoms with Crippen LogP contribution < -0.4 is 10.3 Å². The van der Waals surface area contributed by atoms with Crippen molar-refractivity contribution in [3.63, 3.8) is 0 Å². The SMILES string of the molecule is CCOC(=O)c1sc(N2C(=O)c3oc4ccc(C)cc4c(=O)c3[C@H]2c2ccc(C)cc2)nc1C. The molecule has 0 unspecified atom stereocenters. The number of carbonyl (C=O) groups excluding carboxylic acids is 2. The molecule has 172 valence electrons. The Hall–Kier alpha value is -3.78. The molecule has 0 bridgehead atoms. The van der Waals surface area contributed by atoms with E-state index in [4.69, 9.17) is 9.15 Å². The van der Waals surface area contributed by atoms with Gasteiger partial charge in [-0.3, -0.25) is 14.5 Å². The average molecular weight is 475 g/mol. The van der Waals surface area contributed by atoms with Crippen LogP contribution >= 0.6 is 11.3 Å². The maximum atomic E-state index is 13.7. The molecule has 0 saturated heterocycles. The number of thiazole rings is 1. The predicted molar refractivity (Wildman–Crippen MR) is 130 cm³/mol. The van der Waals surface area contributed by atoms with Gasteiger partial charge in [-0.25, -0.2) is 9.78 Å². The number of aromatic nitrogens is 1. The van der Waals surface area contributed by atoms with Crippen molar-refractivity contribution in [1.29, 1.82) is 0 Å². The van der Waals surface area contributed by atoms with Crippen LogP contribution in [-0.4, -0.2) is 23.5 Å². The Morgan fingerprint density at radius 3 is 2.50 bits per heavy atom. The lowest BCUT2D eigenvalue weighted by atomic mass is 9.97. The first kappa shape index (κ1) is 22.0. The number of carbonyl (C=O) groups is 2. The Bertz CT molecular complexity index is 1520. The molecular formula is C26H22N2O5S. The Labute approximate surface area is 199 Å². The summed E-state index contributed by atoms with van der Waals surface area (Å²) >= 11 is 1.07. The summed E-state index contributed by atoms with van der Waals surface area (Å²) in [6, 6.07) is 12.2. The third kappa shape index (κ3) is 3.42. The predicted octanol–water partition coefficient (Wildman–Crippen LogP) is 5.10. The number of rotatable bonds is 4. The average Bonchev–Trinajstić information content (AvgIpc) is 3.33. The van der Waals surface area contributed by atoms with Crippen LogP contribution in [0.2, 0.25) is 0 Å². The van der Waals surface area contributed by atoms with Crippen molar-refractivity contribution in [3.8, 4) is 0 Å². The zero-order valence-corrected chi connectivity index (χ0v) is 20.0. The lowest BCUT2D eigenvalue weighted by Gasteiger charge is -2.22. The second-order valence-corrected chi connectivity index (χ2v) is 9.27. The first-order chi connectivity index (χ1) is 16.3. The van der Waals surface area contributed by atoms with Gasteiger partial charge >= 0.3 is 5.97 Å². The number of fused-ring (bicyclic) bond motifs is 2. The molecule has 5 rings (SSSR count). The van der Waals surface area contributed by atoms with Crippen molar-refractivity contribution in [1.82, 2.24) is 4.98 Å². The van der Waals surface area contributed by atoms with Gasteiger partial charge in [-0.05, 0) is 45.4 Å². The number of hydrogen-bond acceptors (Lipinski definition) is 7. The van der Waals surface area contributed by atoms with Crippen LogP contribution in [0, 0.1) is 20.8 Å². The Kier molecular flexibility index (Phi) is 5.32. The highest BCUT2D eigenvalue weighted by molar-refractivity contribution is 7.17. The summed E-state index contributed by atoms with van der Waals surface area (Å²) in [6.07, 6.45) is 0. The molecule has 34 heavy (non-hydrogen) atoms. The van der Waals surface area contributed by atoms with Crippen LogP contribution in [0.15, 0.2) is 51.7 Å². The highest BCUT2D eigenvalue weighted by Gasteiger charge is 2.45. The van der Waals surface area contributed by atoms with Gasteiger partial charge in [-0.15, -0.1) is 0 Å². The third-order valence-electron chi connectivity index (χ3n) is 5.87. The van der Waals surface area contributed by atoms with Crippen LogP contribution in [0.5, 0.6) is 0 Å². The lowest BCUT2D eigenvalue weighted by Crippen LogP contribution is -2.29. The summed E-state index contributed by atoms with van der Waals surface area (Å²) < 4.78 is 11.1. The van der Waals surface area contributed by atoms with Crippen molar-refractivity contribution in [3.05, 3.63) is 91.3 Å². The molecule has 0 saturated carbocycles. The molecule has 2 aromatic carbocycles. The fourth-order valence-electron chi connectivity index (χ4n) is 4.22. The van der Waals surface area contributed by atoms with Gasteiger partial charge in [0, 0.05) is 0 Å². The van der Waals surface area contributed by atoms with Gasteiger partial charge in [0.1, 0.15) is 10.5 Å². The third-order valence-corrected chi connectivity index (χ3v) is 7.01. The summed E-state index contributed by atoms with van der Waals surface area (Å²) in [5, 5.41) is 0.732. The number of ether oxygens (including phenoxy) is 1. The van der Waals surface area contributed by atoms with E-state index < -0.39 is 17.9 Å². The molecule has 1 atom stereocenters. The normalized spacial score (nSPS) is 15.1. The summed E-state index contributed by atoms with van der Waals surface area (Å²) in [5.74, 6) is -0.961. The summed E-state index contributed by atoms with van der Waals surface area (Å²) in [7, 11) is 0. The van der Waals surface area contributed by atoms with Crippen LogP contribution in [0.1, 0.15) is 61.1 Å². The molecular weight excluding hydrogens is 452 g/mol. The molecule has 0 aliphatic carbocycles. The van der Waals surface area contributed by atoms with E-state index in [0.717, 1.165) is 28.0 Å². The van der Waals surface area contributed by atoms with Crippen molar-refractivity contribution in [2.75, 3.05) is 11.5 Å². The summed E-state index contributed by atoms with van der Waals surface area (Å²) in [5.41, 5.74) is 3.57. The first-order valence-corrected chi connectivity index (χ1v) is 11.7. The molecule has 0 radical (unpaired) electrons. The van der Waals surface area contributed by atoms with Crippen molar-refractivity contribution >= 4 is 39.3 Å². The van der Waals surface area contributed by atoms with Crippen LogP contribution in [0.25, 0.3) is 11.0 Å². The number of hydrogen-bond donors (Lipinski definition) is 0. The van der Waals surface area contributed by atoms with Gasteiger partial charge in [0.25, 0.3) is 5.91 Å². The van der Waals surface area contributed by atoms with Gasteiger partial charge in [0.2, 0.25) is 5.76 Å². The lowest BCUT2D eigenvalue weighted by molar-refractivity contribution is 0.0531. The number of anilines is 1. The van der Waals surface area contributed by atoms with E-state index in [0.29, 0.717) is 26.7 Å². The Morgan fingerprint density at radius 2 is 1.79 bits per heavy atom. The molecule has 8 heteroatoms. The summed E-state index contributed by atoms with van der Waals surface area (Å²) in [4.78, 5) is 46.0. The van der Waals surface area contributed by atoms with Gasteiger partial charge in [0.15, 0.2) is 10.6 Å². The molecule has 3 heterocycles. The van der Waals surface area contributed by atoms with Gasteiger partial charge in [0.05, 0.1) is 29.3 Å². The fourth-order valence-corrected chi connectivity index (χ4v) is 5.21. The molecule has 0 spiro atoms. The van der Waals surface area contributed by atoms with Gasteiger partial charge < -0.3 is 9.15 Å². The van der Waals surface area contributed by atoms with E-state index in [1.165, 1.54) is 4.90 Å². The number of benzene rings is 2. The van der Waals surface area contributed by atoms with E-state index in [1.54, 1.807) is 26.0 Å². The zero-order valence-electron chi connectivity index (χ0n) is 19.2. The number of nitrogens with zero attached hydrogens (tertiary/aromatic N) is 2. The Balaban J connectivity index is 1.75. The van der Waals surface area contributed by atoms with Crippen molar-refractivity contribution < 1.29 is 18.7 Å². The highest BCUT2D eigenvalue weighted by atomic mass is 32.1. The van der Waals surface area contributed by atoms with Crippen molar-refractivity contribution in [2.45, 2.75) is 33.7 Å². The molecule has 1 amide bonds. The van der Waals surface area contributed by atoms with Crippen LogP contribution in [0.3, 0.4) is 0 Å². The molecule has 1 aliphatic heterocycles. The second kappa shape index (κ2) is 8.22. The monoisotopic (exact) mass is 474 g/mol. The van der Waals surface area contributed by atoms with Gasteiger partial charge in [-0.1, -0.05) is 52.8 Å². The molecule has 2 aromatic heterocycles. The minimum Gasteiger partial charge on any atom is -0.462 e. The van der Waals surface area contributed by atoms with Crippen LogP contribution in [0.4, 0.5) is 5.13 Å². The zero-order chi connectivity index (χ0) is 24.1. The number of aryl methyl sites for hydroxylation is 3. The second-order valence-electron chi connectivity index (χ2n) is 8.29.